The Morgan fingerprint density at radius 3 is 2.91 bits per heavy atom. The van der Waals surface area contributed by atoms with E-state index in [1.54, 1.807) is 17.8 Å². The fourth-order valence-corrected chi connectivity index (χ4v) is 2.22. The quantitative estimate of drug-likeness (QED) is 0.589. The molecule has 1 heterocycles. The van der Waals surface area contributed by atoms with Crippen molar-refractivity contribution in [1.82, 2.24) is 4.98 Å². The lowest BCUT2D eigenvalue weighted by molar-refractivity contribution is 1.18. The maximum absolute atomic E-state index is 5.67. The number of aromatic nitrogens is 1. The van der Waals surface area contributed by atoms with Gasteiger partial charge in [0, 0.05) is 4.90 Å². The minimum Gasteiger partial charge on any atom is -0.228 e. The van der Waals surface area contributed by atoms with Crippen molar-refractivity contribution >= 4 is 39.3 Å². The predicted molar refractivity (Wildman–Crippen MR) is 53.3 cm³/mol. The maximum atomic E-state index is 5.67. The number of pyridine rings is 1. The summed E-state index contributed by atoms with van der Waals surface area (Å²) in [4.78, 5) is 5.19. The maximum Gasteiger partial charge on any atom is 0.130 e. The standard InChI is InChI=1S/C7H7BrClNS/c1-2-11-5-3-4-6(9)10-7(5)8/h3-4H,2H2,1H3. The van der Waals surface area contributed by atoms with E-state index in [2.05, 4.69) is 27.8 Å². The molecule has 0 aliphatic rings. The van der Waals surface area contributed by atoms with E-state index >= 15 is 0 Å². The van der Waals surface area contributed by atoms with Crippen molar-refractivity contribution in [2.24, 2.45) is 0 Å². The van der Waals surface area contributed by atoms with Crippen LogP contribution in [0.5, 0.6) is 0 Å². The molecule has 0 radical (unpaired) electrons. The van der Waals surface area contributed by atoms with E-state index in [0.29, 0.717) is 5.15 Å². The number of hydrogen-bond donors (Lipinski definition) is 0. The van der Waals surface area contributed by atoms with Gasteiger partial charge in [0.05, 0.1) is 0 Å². The summed E-state index contributed by atoms with van der Waals surface area (Å²) in [5.41, 5.74) is 0. The summed E-state index contributed by atoms with van der Waals surface area (Å²) in [7, 11) is 0. The molecule has 1 aromatic heterocycles. The number of hydrogen-bond acceptors (Lipinski definition) is 2. The lowest BCUT2D eigenvalue weighted by Crippen LogP contribution is -1.81. The Balaban J connectivity index is 2.90. The Morgan fingerprint density at radius 1 is 1.64 bits per heavy atom. The van der Waals surface area contributed by atoms with Gasteiger partial charge in [0.2, 0.25) is 0 Å². The topological polar surface area (TPSA) is 12.9 Å². The van der Waals surface area contributed by atoms with Gasteiger partial charge in [-0.25, -0.2) is 4.98 Å². The predicted octanol–water partition coefficient (Wildman–Crippen LogP) is 3.61. The molecule has 0 fully saturated rings. The zero-order valence-electron chi connectivity index (χ0n) is 5.97. The van der Waals surface area contributed by atoms with Crippen LogP contribution in [-0.2, 0) is 0 Å². The molecule has 0 saturated heterocycles. The monoisotopic (exact) mass is 251 g/mol. The summed E-state index contributed by atoms with van der Waals surface area (Å²) < 4.78 is 0.830. The summed E-state index contributed by atoms with van der Waals surface area (Å²) in [6.45, 7) is 2.10. The number of rotatable bonds is 2. The van der Waals surface area contributed by atoms with Crippen molar-refractivity contribution in [3.8, 4) is 0 Å². The van der Waals surface area contributed by atoms with Crippen molar-refractivity contribution in [2.45, 2.75) is 11.8 Å². The van der Waals surface area contributed by atoms with Crippen LogP contribution in [0.15, 0.2) is 21.6 Å². The third-order valence-corrected chi connectivity index (χ3v) is 3.09. The van der Waals surface area contributed by atoms with Gasteiger partial charge < -0.3 is 0 Å². The van der Waals surface area contributed by atoms with E-state index in [9.17, 15) is 0 Å². The van der Waals surface area contributed by atoms with Gasteiger partial charge in [-0.2, -0.15) is 0 Å². The van der Waals surface area contributed by atoms with Gasteiger partial charge in [-0.15, -0.1) is 11.8 Å². The Bertz CT molecular complexity index is 254. The molecule has 0 aliphatic heterocycles. The number of nitrogens with zero attached hydrogens (tertiary/aromatic N) is 1. The Hall–Kier alpha value is 0.270. The van der Waals surface area contributed by atoms with Crippen LogP contribution in [0.3, 0.4) is 0 Å². The van der Waals surface area contributed by atoms with Crippen molar-refractivity contribution in [1.29, 1.82) is 0 Å². The average molecular weight is 253 g/mol. The van der Waals surface area contributed by atoms with Gasteiger partial charge >= 0.3 is 0 Å². The van der Waals surface area contributed by atoms with Gasteiger partial charge in [0.25, 0.3) is 0 Å². The lowest BCUT2D eigenvalue weighted by Gasteiger charge is -2.00. The molecule has 1 nitrogen and oxygen atoms in total. The van der Waals surface area contributed by atoms with Crippen LogP contribution in [0.1, 0.15) is 6.92 Å². The van der Waals surface area contributed by atoms with Gasteiger partial charge in [0.1, 0.15) is 9.76 Å². The van der Waals surface area contributed by atoms with E-state index < -0.39 is 0 Å². The second-order valence-corrected chi connectivity index (χ2v) is 4.30. The molecule has 4 heteroatoms. The van der Waals surface area contributed by atoms with E-state index in [1.807, 2.05) is 6.07 Å². The van der Waals surface area contributed by atoms with E-state index in [4.69, 9.17) is 11.6 Å². The molecule has 1 aromatic rings. The minimum atomic E-state index is 0.525. The molecule has 0 spiro atoms. The highest BCUT2D eigenvalue weighted by Gasteiger charge is 2.00. The first-order valence-electron chi connectivity index (χ1n) is 3.19. The van der Waals surface area contributed by atoms with Crippen LogP contribution < -0.4 is 0 Å². The Kier molecular flexibility index (Phi) is 3.69. The van der Waals surface area contributed by atoms with Gasteiger partial charge in [-0.3, -0.25) is 0 Å². The highest BCUT2D eigenvalue weighted by molar-refractivity contribution is 9.10. The second kappa shape index (κ2) is 4.33. The van der Waals surface area contributed by atoms with Gasteiger partial charge in [0.15, 0.2) is 0 Å². The van der Waals surface area contributed by atoms with Crippen LogP contribution in [0.25, 0.3) is 0 Å². The SMILES string of the molecule is CCSc1ccc(Cl)nc1Br. The fourth-order valence-electron chi connectivity index (χ4n) is 0.663. The van der Waals surface area contributed by atoms with Crippen LogP contribution in [0.4, 0.5) is 0 Å². The van der Waals surface area contributed by atoms with E-state index in [0.717, 1.165) is 15.3 Å². The highest BCUT2D eigenvalue weighted by atomic mass is 79.9. The largest absolute Gasteiger partial charge is 0.228 e. The molecular formula is C7H7BrClNS. The molecular weight excluding hydrogens is 246 g/mol. The molecule has 0 aromatic carbocycles. The third-order valence-electron chi connectivity index (χ3n) is 1.08. The van der Waals surface area contributed by atoms with Crippen LogP contribution in [0, 0.1) is 0 Å². The fraction of sp³-hybridized carbons (Fsp3) is 0.286. The molecule has 11 heavy (non-hydrogen) atoms. The smallest absolute Gasteiger partial charge is 0.130 e. The molecule has 0 atom stereocenters. The van der Waals surface area contributed by atoms with Crippen LogP contribution >= 0.6 is 39.3 Å². The highest BCUT2D eigenvalue weighted by Crippen LogP contribution is 2.26. The molecule has 0 N–H and O–H groups in total. The van der Waals surface area contributed by atoms with Crippen molar-refractivity contribution in [2.75, 3.05) is 5.75 Å². The summed E-state index contributed by atoms with van der Waals surface area (Å²) in [6, 6.07) is 3.76. The average Bonchev–Trinajstić information content (AvgIpc) is 1.95. The third kappa shape index (κ3) is 2.65. The molecule has 60 valence electrons. The van der Waals surface area contributed by atoms with Crippen molar-refractivity contribution in [3.63, 3.8) is 0 Å². The molecule has 1 rings (SSSR count). The van der Waals surface area contributed by atoms with E-state index in [-0.39, 0.29) is 0 Å². The summed E-state index contributed by atoms with van der Waals surface area (Å²) in [5.74, 6) is 1.04. The van der Waals surface area contributed by atoms with E-state index in [1.165, 1.54) is 0 Å². The summed E-state index contributed by atoms with van der Waals surface area (Å²) >= 11 is 10.7. The molecule has 0 unspecified atom stereocenters. The van der Waals surface area contributed by atoms with Crippen molar-refractivity contribution < 1.29 is 0 Å². The normalized spacial score (nSPS) is 10.1. The van der Waals surface area contributed by atoms with Gasteiger partial charge in [-0.05, 0) is 33.8 Å². The lowest BCUT2D eigenvalue weighted by atomic mass is 10.5. The van der Waals surface area contributed by atoms with Crippen molar-refractivity contribution in [3.05, 3.63) is 21.9 Å². The first-order chi connectivity index (χ1) is 5.24. The van der Waals surface area contributed by atoms with Crippen LogP contribution in [0.2, 0.25) is 5.15 Å². The minimum absolute atomic E-state index is 0.525. The Morgan fingerprint density at radius 2 is 2.36 bits per heavy atom. The Labute approximate surface area is 83.7 Å². The van der Waals surface area contributed by atoms with Crippen LogP contribution in [-0.4, -0.2) is 10.7 Å². The van der Waals surface area contributed by atoms with Gasteiger partial charge in [-0.1, -0.05) is 18.5 Å². The first-order valence-corrected chi connectivity index (χ1v) is 5.34. The zero-order chi connectivity index (χ0) is 8.27. The summed E-state index contributed by atoms with van der Waals surface area (Å²) in [6.07, 6.45) is 0. The summed E-state index contributed by atoms with van der Waals surface area (Å²) in [5, 5.41) is 0.525. The second-order valence-electron chi connectivity index (χ2n) is 1.86. The number of halogens is 2. The molecule has 0 bridgehead atoms. The zero-order valence-corrected chi connectivity index (χ0v) is 9.13. The molecule has 0 amide bonds. The molecule has 0 aliphatic carbocycles. The first kappa shape index (κ1) is 9.36. The number of thioether (sulfide) groups is 1. The molecule has 0 saturated carbocycles.